The van der Waals surface area contributed by atoms with Gasteiger partial charge in [0.2, 0.25) is 5.71 Å². The Hall–Kier alpha value is -7.30. The predicted molar refractivity (Wildman–Crippen MR) is 225 cm³/mol. The molecule has 0 unspecified atom stereocenters. The summed E-state index contributed by atoms with van der Waals surface area (Å²) >= 11 is 0. The van der Waals surface area contributed by atoms with E-state index < -0.39 is 0 Å². The summed E-state index contributed by atoms with van der Waals surface area (Å²) in [4.78, 5) is 0. The van der Waals surface area contributed by atoms with Gasteiger partial charge in [0.15, 0.2) is 0 Å². The van der Waals surface area contributed by atoms with Crippen molar-refractivity contribution >= 4 is 76.6 Å². The van der Waals surface area contributed by atoms with Gasteiger partial charge < -0.3 is 13.6 Å². The van der Waals surface area contributed by atoms with Gasteiger partial charge in [-0.3, -0.25) is 4.57 Å². The molecule has 252 valence electrons. The molecular weight excluding hydrogens is 659 g/mol. The molecular formula is C50H31N3O. The molecule has 0 aliphatic rings. The second-order valence-electron chi connectivity index (χ2n) is 14.2. The van der Waals surface area contributed by atoms with Crippen LogP contribution in [0.1, 0.15) is 0 Å². The average Bonchev–Trinajstić information content (AvgIpc) is 3.96. The van der Waals surface area contributed by atoms with Crippen LogP contribution in [0, 0.1) is 0 Å². The van der Waals surface area contributed by atoms with E-state index in [1.165, 1.54) is 49.0 Å². The van der Waals surface area contributed by atoms with E-state index in [-0.39, 0.29) is 0 Å². The van der Waals surface area contributed by atoms with Gasteiger partial charge in [-0.15, -0.1) is 0 Å². The lowest BCUT2D eigenvalue weighted by atomic mass is 10.0. The van der Waals surface area contributed by atoms with Crippen molar-refractivity contribution < 1.29 is 4.42 Å². The molecule has 0 spiro atoms. The number of furan rings is 1. The van der Waals surface area contributed by atoms with Gasteiger partial charge >= 0.3 is 0 Å². The molecule has 0 atom stereocenters. The maximum absolute atomic E-state index is 6.52. The van der Waals surface area contributed by atoms with Crippen molar-refractivity contribution in [3.05, 3.63) is 188 Å². The van der Waals surface area contributed by atoms with Crippen LogP contribution in [0.5, 0.6) is 0 Å². The van der Waals surface area contributed by atoms with Crippen molar-refractivity contribution in [3.8, 4) is 28.2 Å². The third-order valence-electron chi connectivity index (χ3n) is 11.3. The van der Waals surface area contributed by atoms with Gasteiger partial charge in [0.25, 0.3) is 0 Å². The highest BCUT2D eigenvalue weighted by molar-refractivity contribution is 6.20. The molecule has 0 amide bonds. The van der Waals surface area contributed by atoms with E-state index in [9.17, 15) is 0 Å². The van der Waals surface area contributed by atoms with Crippen molar-refractivity contribution in [2.75, 3.05) is 0 Å². The lowest BCUT2D eigenvalue weighted by Gasteiger charge is -2.11. The Bertz CT molecular complexity index is 3380. The minimum Gasteiger partial charge on any atom is -0.439 e. The fraction of sp³-hybridized carbons (Fsp3) is 0. The monoisotopic (exact) mass is 689 g/mol. The highest BCUT2D eigenvalue weighted by Crippen LogP contribution is 2.41. The first-order valence-corrected chi connectivity index (χ1v) is 18.4. The van der Waals surface area contributed by atoms with Crippen molar-refractivity contribution in [1.82, 2.24) is 13.7 Å². The van der Waals surface area contributed by atoms with Gasteiger partial charge in [-0.05, 0) is 83.9 Å². The summed E-state index contributed by atoms with van der Waals surface area (Å²) in [5.74, 6) is 0. The normalized spacial score (nSPS) is 12.1. The Morgan fingerprint density at radius 2 is 0.815 bits per heavy atom. The second kappa shape index (κ2) is 11.1. The maximum atomic E-state index is 6.52. The Labute approximate surface area is 309 Å². The SMILES string of the molecule is c1ccc(-n2c3cc(-c4ccc(-n5c6ccccc6c6cc(-n7c8ccccc8c8ccccc87)ccc65)cc4)ccc3c3c4ccccc4oc32)cc1. The zero-order chi connectivity index (χ0) is 35.3. The smallest absolute Gasteiger partial charge is 0.213 e. The Balaban J connectivity index is 0.999. The minimum absolute atomic E-state index is 0.873. The van der Waals surface area contributed by atoms with Crippen LogP contribution in [0.2, 0.25) is 0 Å². The van der Waals surface area contributed by atoms with E-state index >= 15 is 0 Å². The summed E-state index contributed by atoms with van der Waals surface area (Å²) < 4.78 is 13.6. The molecule has 0 bridgehead atoms. The molecule has 4 heterocycles. The van der Waals surface area contributed by atoms with Crippen molar-refractivity contribution in [3.63, 3.8) is 0 Å². The molecule has 0 N–H and O–H groups in total. The number of rotatable bonds is 4. The Morgan fingerprint density at radius 3 is 1.52 bits per heavy atom. The van der Waals surface area contributed by atoms with E-state index in [0.29, 0.717) is 0 Å². The van der Waals surface area contributed by atoms with Crippen LogP contribution in [-0.4, -0.2) is 13.7 Å². The van der Waals surface area contributed by atoms with Crippen molar-refractivity contribution in [1.29, 1.82) is 0 Å². The highest BCUT2D eigenvalue weighted by atomic mass is 16.3. The first-order chi connectivity index (χ1) is 26.8. The number of fused-ring (bicyclic) bond motifs is 11. The van der Waals surface area contributed by atoms with Crippen LogP contribution in [0.4, 0.5) is 0 Å². The molecule has 12 rings (SSSR count). The van der Waals surface area contributed by atoms with Gasteiger partial charge in [-0.25, -0.2) is 0 Å². The standard InChI is InChI=1S/C50H31N3O/c1-2-12-34(13-3-1)53-47-30-33(24-28-40(47)49-41-17-7-11-21-48(41)54-50(49)53)32-22-25-35(26-23-32)51-45-20-10-6-16-39(45)42-31-36(27-29-46(42)51)52-43-18-8-4-14-37(43)38-15-5-9-19-44(38)52/h1-31H. The topological polar surface area (TPSA) is 27.9 Å². The van der Waals surface area contributed by atoms with Gasteiger partial charge in [0.05, 0.1) is 33.0 Å². The number of para-hydroxylation sites is 5. The molecule has 0 aliphatic carbocycles. The summed E-state index contributed by atoms with van der Waals surface area (Å²) in [6.07, 6.45) is 0. The molecule has 54 heavy (non-hydrogen) atoms. The van der Waals surface area contributed by atoms with Crippen LogP contribution in [0.25, 0.3) is 105 Å². The van der Waals surface area contributed by atoms with Crippen molar-refractivity contribution in [2.24, 2.45) is 0 Å². The van der Waals surface area contributed by atoms with E-state index in [1.807, 2.05) is 12.1 Å². The second-order valence-corrected chi connectivity index (χ2v) is 14.2. The maximum Gasteiger partial charge on any atom is 0.213 e. The molecule has 0 aliphatic heterocycles. The fourth-order valence-electron chi connectivity index (χ4n) is 8.88. The molecule has 0 saturated carbocycles. The Morgan fingerprint density at radius 1 is 0.296 bits per heavy atom. The van der Waals surface area contributed by atoms with Gasteiger partial charge in [-0.1, -0.05) is 115 Å². The predicted octanol–water partition coefficient (Wildman–Crippen LogP) is 13.4. The number of nitrogens with zero attached hydrogens (tertiary/aromatic N) is 3. The van der Waals surface area contributed by atoms with Gasteiger partial charge in [0, 0.05) is 49.4 Å². The lowest BCUT2D eigenvalue weighted by Crippen LogP contribution is -1.96. The van der Waals surface area contributed by atoms with Crippen LogP contribution in [-0.2, 0) is 0 Å². The van der Waals surface area contributed by atoms with Gasteiger partial charge in [0.1, 0.15) is 5.58 Å². The van der Waals surface area contributed by atoms with Gasteiger partial charge in [-0.2, -0.15) is 0 Å². The molecule has 4 aromatic heterocycles. The van der Waals surface area contributed by atoms with E-state index in [0.717, 1.165) is 55.8 Å². The molecule has 4 nitrogen and oxygen atoms in total. The summed E-state index contributed by atoms with van der Waals surface area (Å²) in [5.41, 5.74) is 13.4. The van der Waals surface area contributed by atoms with E-state index in [1.54, 1.807) is 0 Å². The quantitative estimate of drug-likeness (QED) is 0.181. The molecule has 12 aromatic rings. The number of hydrogen-bond donors (Lipinski definition) is 0. The summed E-state index contributed by atoms with van der Waals surface area (Å²) in [5, 5.41) is 8.49. The molecule has 8 aromatic carbocycles. The van der Waals surface area contributed by atoms with Crippen LogP contribution >= 0.6 is 0 Å². The van der Waals surface area contributed by atoms with E-state index in [2.05, 4.69) is 190 Å². The molecule has 0 saturated heterocycles. The average molecular weight is 690 g/mol. The zero-order valence-corrected chi connectivity index (χ0v) is 29.1. The van der Waals surface area contributed by atoms with Crippen LogP contribution in [0.3, 0.4) is 0 Å². The molecule has 0 radical (unpaired) electrons. The van der Waals surface area contributed by atoms with Crippen LogP contribution < -0.4 is 0 Å². The van der Waals surface area contributed by atoms with Crippen LogP contribution in [0.15, 0.2) is 192 Å². The first kappa shape index (κ1) is 29.3. The largest absolute Gasteiger partial charge is 0.439 e. The number of benzene rings is 8. The lowest BCUT2D eigenvalue weighted by molar-refractivity contribution is 0.645. The molecule has 4 heteroatoms. The highest BCUT2D eigenvalue weighted by Gasteiger charge is 2.20. The summed E-state index contributed by atoms with van der Waals surface area (Å²) in [6.45, 7) is 0. The molecule has 0 fully saturated rings. The summed E-state index contributed by atoms with van der Waals surface area (Å²) in [6, 6.07) is 67.7. The zero-order valence-electron chi connectivity index (χ0n) is 29.1. The summed E-state index contributed by atoms with van der Waals surface area (Å²) in [7, 11) is 0. The Kier molecular flexibility index (Phi) is 6.02. The van der Waals surface area contributed by atoms with E-state index in [4.69, 9.17) is 4.42 Å². The third-order valence-corrected chi connectivity index (χ3v) is 11.3. The third kappa shape index (κ3) is 4.08. The fourth-order valence-corrected chi connectivity index (χ4v) is 8.88. The number of aromatic nitrogens is 3. The van der Waals surface area contributed by atoms with Crippen molar-refractivity contribution in [2.45, 2.75) is 0 Å². The first-order valence-electron chi connectivity index (χ1n) is 18.4. The number of hydrogen-bond acceptors (Lipinski definition) is 1. The minimum atomic E-state index is 0.873.